The van der Waals surface area contributed by atoms with Gasteiger partial charge in [-0.3, -0.25) is 4.79 Å². The van der Waals surface area contributed by atoms with Gasteiger partial charge in [0.15, 0.2) is 6.61 Å². The number of hydrogen-bond acceptors (Lipinski definition) is 7. The number of rotatable bonds is 8. The summed E-state index contributed by atoms with van der Waals surface area (Å²) in [6.07, 6.45) is 1.61. The van der Waals surface area contributed by atoms with E-state index in [1.54, 1.807) is 18.3 Å². The number of esters is 1. The van der Waals surface area contributed by atoms with Crippen LogP contribution in [0.4, 0.5) is 0 Å². The van der Waals surface area contributed by atoms with Crippen molar-refractivity contribution in [2.75, 3.05) is 6.61 Å². The highest BCUT2D eigenvalue weighted by molar-refractivity contribution is 7.98. The van der Waals surface area contributed by atoms with Crippen LogP contribution in [0.25, 0.3) is 0 Å². The SMILES string of the molecule is Cc1noc(C)c1CSc1ncccc1C(=O)OCC(=O)NCc1ccccc1. The van der Waals surface area contributed by atoms with E-state index in [9.17, 15) is 9.59 Å². The minimum absolute atomic E-state index is 0.320. The Bertz CT molecular complexity index is 969. The van der Waals surface area contributed by atoms with Gasteiger partial charge in [0.1, 0.15) is 10.8 Å². The van der Waals surface area contributed by atoms with Crippen molar-refractivity contribution in [1.29, 1.82) is 0 Å². The van der Waals surface area contributed by atoms with E-state index in [0.29, 0.717) is 22.9 Å². The molecule has 0 saturated carbocycles. The molecule has 1 N–H and O–H groups in total. The van der Waals surface area contributed by atoms with E-state index in [-0.39, 0.29) is 12.5 Å². The van der Waals surface area contributed by atoms with Crippen molar-refractivity contribution in [2.45, 2.75) is 31.2 Å². The van der Waals surface area contributed by atoms with Gasteiger partial charge in [0, 0.05) is 24.1 Å². The number of aromatic nitrogens is 2. The van der Waals surface area contributed by atoms with Gasteiger partial charge < -0.3 is 14.6 Å². The number of amides is 1. The minimum Gasteiger partial charge on any atom is -0.452 e. The summed E-state index contributed by atoms with van der Waals surface area (Å²) in [5.74, 6) is 0.353. The molecular weight excluding hydrogens is 390 g/mol. The van der Waals surface area contributed by atoms with E-state index in [0.717, 1.165) is 22.6 Å². The van der Waals surface area contributed by atoms with Crippen LogP contribution in [-0.2, 0) is 21.8 Å². The van der Waals surface area contributed by atoms with E-state index in [1.807, 2.05) is 44.2 Å². The maximum atomic E-state index is 12.5. The van der Waals surface area contributed by atoms with Crippen LogP contribution in [-0.4, -0.2) is 28.6 Å². The number of hydrogen-bond donors (Lipinski definition) is 1. The van der Waals surface area contributed by atoms with Crippen LogP contribution >= 0.6 is 11.8 Å². The zero-order valence-electron chi connectivity index (χ0n) is 16.2. The summed E-state index contributed by atoms with van der Waals surface area (Å²) < 4.78 is 10.3. The average Bonchev–Trinajstić information content (AvgIpc) is 3.07. The Morgan fingerprint density at radius 3 is 2.66 bits per heavy atom. The summed E-state index contributed by atoms with van der Waals surface area (Å²) in [7, 11) is 0. The standard InChI is InChI=1S/C21H21N3O4S/c1-14-18(15(2)28-24-14)13-29-20-17(9-6-10-22-20)21(26)27-12-19(25)23-11-16-7-4-3-5-8-16/h3-10H,11-13H2,1-2H3,(H,23,25). The van der Waals surface area contributed by atoms with Crippen molar-refractivity contribution >= 4 is 23.6 Å². The number of carbonyl (C=O) groups excluding carboxylic acids is 2. The summed E-state index contributed by atoms with van der Waals surface area (Å²) in [4.78, 5) is 28.7. The van der Waals surface area contributed by atoms with E-state index in [1.165, 1.54) is 11.8 Å². The molecule has 0 atom stereocenters. The summed E-state index contributed by atoms with van der Waals surface area (Å²) >= 11 is 1.39. The van der Waals surface area contributed by atoms with Crippen LogP contribution in [0.1, 0.15) is 32.9 Å². The topological polar surface area (TPSA) is 94.3 Å². The lowest BCUT2D eigenvalue weighted by Crippen LogP contribution is -2.28. The van der Waals surface area contributed by atoms with Crippen LogP contribution in [0.3, 0.4) is 0 Å². The van der Waals surface area contributed by atoms with Gasteiger partial charge in [-0.2, -0.15) is 0 Å². The first kappa shape index (κ1) is 20.6. The Balaban J connectivity index is 1.54. The van der Waals surface area contributed by atoms with Gasteiger partial charge in [-0.25, -0.2) is 9.78 Å². The first-order valence-corrected chi connectivity index (χ1v) is 10.0. The first-order chi connectivity index (χ1) is 14.0. The number of carbonyl (C=O) groups is 2. The fourth-order valence-electron chi connectivity index (χ4n) is 2.57. The molecule has 0 aliphatic heterocycles. The zero-order chi connectivity index (χ0) is 20.6. The molecule has 8 heteroatoms. The molecule has 3 aromatic rings. The first-order valence-electron chi connectivity index (χ1n) is 9.02. The Morgan fingerprint density at radius 1 is 1.14 bits per heavy atom. The molecule has 150 valence electrons. The lowest BCUT2D eigenvalue weighted by molar-refractivity contribution is -0.124. The Hall–Kier alpha value is -3.13. The minimum atomic E-state index is -0.589. The lowest BCUT2D eigenvalue weighted by Gasteiger charge is -2.09. The fourth-order valence-corrected chi connectivity index (χ4v) is 3.70. The summed E-state index contributed by atoms with van der Waals surface area (Å²) in [6.45, 7) is 3.74. The predicted octanol–water partition coefficient (Wildman–Crippen LogP) is 3.45. The molecule has 0 spiro atoms. The van der Waals surface area contributed by atoms with Crippen molar-refractivity contribution in [1.82, 2.24) is 15.5 Å². The number of ether oxygens (including phenoxy) is 1. The summed E-state index contributed by atoms with van der Waals surface area (Å²) in [6, 6.07) is 12.8. The average molecular weight is 411 g/mol. The third kappa shape index (κ3) is 5.68. The van der Waals surface area contributed by atoms with Crippen molar-refractivity contribution < 1.29 is 18.8 Å². The molecule has 0 aliphatic rings. The summed E-state index contributed by atoms with van der Waals surface area (Å²) in [5.41, 5.74) is 3.07. The van der Waals surface area contributed by atoms with Gasteiger partial charge in [-0.15, -0.1) is 11.8 Å². The molecule has 0 bridgehead atoms. The number of thioether (sulfide) groups is 1. The highest BCUT2D eigenvalue weighted by Crippen LogP contribution is 2.27. The monoisotopic (exact) mass is 411 g/mol. The molecule has 2 heterocycles. The number of nitrogens with one attached hydrogen (secondary N) is 1. The number of aryl methyl sites for hydroxylation is 2. The van der Waals surface area contributed by atoms with Crippen molar-refractivity contribution in [3.8, 4) is 0 Å². The van der Waals surface area contributed by atoms with Crippen molar-refractivity contribution in [2.24, 2.45) is 0 Å². The van der Waals surface area contributed by atoms with Crippen LogP contribution < -0.4 is 5.32 Å². The van der Waals surface area contributed by atoms with Crippen LogP contribution in [0, 0.1) is 13.8 Å². The van der Waals surface area contributed by atoms with E-state index in [2.05, 4.69) is 15.5 Å². The van der Waals surface area contributed by atoms with Gasteiger partial charge in [-0.1, -0.05) is 35.5 Å². The van der Waals surface area contributed by atoms with Crippen LogP contribution in [0.15, 0.2) is 58.2 Å². The van der Waals surface area contributed by atoms with E-state index >= 15 is 0 Å². The highest BCUT2D eigenvalue weighted by atomic mass is 32.2. The van der Waals surface area contributed by atoms with Crippen molar-refractivity contribution in [3.63, 3.8) is 0 Å². The van der Waals surface area contributed by atoms with Gasteiger partial charge >= 0.3 is 5.97 Å². The van der Waals surface area contributed by atoms with Crippen molar-refractivity contribution in [3.05, 3.63) is 76.8 Å². The highest BCUT2D eigenvalue weighted by Gasteiger charge is 2.17. The second-order valence-electron chi connectivity index (χ2n) is 6.29. The Kier molecular flexibility index (Phi) is 7.02. The van der Waals surface area contributed by atoms with Gasteiger partial charge in [0.2, 0.25) is 0 Å². The number of nitrogens with zero attached hydrogens (tertiary/aromatic N) is 2. The van der Waals surface area contributed by atoms with Gasteiger partial charge in [0.25, 0.3) is 5.91 Å². The number of pyridine rings is 1. The molecule has 0 unspecified atom stereocenters. The number of benzene rings is 1. The maximum absolute atomic E-state index is 12.5. The molecule has 7 nitrogen and oxygen atoms in total. The second-order valence-corrected chi connectivity index (χ2v) is 7.25. The smallest absolute Gasteiger partial charge is 0.341 e. The largest absolute Gasteiger partial charge is 0.452 e. The van der Waals surface area contributed by atoms with E-state index < -0.39 is 5.97 Å². The Morgan fingerprint density at radius 2 is 1.93 bits per heavy atom. The molecule has 0 fully saturated rings. The normalized spacial score (nSPS) is 10.6. The molecule has 0 aliphatic carbocycles. The van der Waals surface area contributed by atoms with E-state index in [4.69, 9.17) is 9.26 Å². The quantitative estimate of drug-likeness (QED) is 0.448. The molecule has 1 amide bonds. The zero-order valence-corrected chi connectivity index (χ0v) is 17.0. The van der Waals surface area contributed by atoms with Gasteiger partial charge in [-0.05, 0) is 31.5 Å². The van der Waals surface area contributed by atoms with Crippen LogP contribution in [0.5, 0.6) is 0 Å². The maximum Gasteiger partial charge on any atom is 0.341 e. The fraction of sp³-hybridized carbons (Fsp3) is 0.238. The molecule has 2 aromatic heterocycles. The predicted molar refractivity (Wildman–Crippen MR) is 108 cm³/mol. The molecule has 29 heavy (non-hydrogen) atoms. The third-order valence-corrected chi connectivity index (χ3v) is 5.22. The second kappa shape index (κ2) is 9.88. The Labute approximate surface area is 172 Å². The third-order valence-electron chi connectivity index (χ3n) is 4.19. The molecule has 1 aromatic carbocycles. The molecule has 0 radical (unpaired) electrons. The molecular formula is C21H21N3O4S. The lowest BCUT2D eigenvalue weighted by atomic mass is 10.2. The van der Waals surface area contributed by atoms with Gasteiger partial charge in [0.05, 0.1) is 11.3 Å². The summed E-state index contributed by atoms with van der Waals surface area (Å²) in [5, 5.41) is 7.18. The molecule has 0 saturated heterocycles. The van der Waals surface area contributed by atoms with Crippen LogP contribution in [0.2, 0.25) is 0 Å². The molecule has 3 rings (SSSR count).